The van der Waals surface area contributed by atoms with Crippen molar-refractivity contribution in [2.75, 3.05) is 19.7 Å². The third kappa shape index (κ3) is 3.93. The second-order valence-corrected chi connectivity index (χ2v) is 7.85. The number of carbonyl (C=O) groups is 1. The Morgan fingerprint density at radius 2 is 1.74 bits per heavy atom. The number of hydrogen-bond donors (Lipinski definition) is 2. The molecule has 1 aliphatic carbocycles. The van der Waals surface area contributed by atoms with Gasteiger partial charge >= 0.3 is 6.09 Å². The molecular weight excluding hydrogens is 384 g/mol. The molecule has 1 heterocycles. The van der Waals surface area contributed by atoms with Crippen molar-refractivity contribution in [3.63, 3.8) is 0 Å². The summed E-state index contributed by atoms with van der Waals surface area (Å²) >= 11 is 0. The number of amides is 1. The summed E-state index contributed by atoms with van der Waals surface area (Å²) in [6.07, 6.45) is 0.551. The molecule has 3 aromatic rings. The Morgan fingerprint density at radius 3 is 2.52 bits per heavy atom. The summed E-state index contributed by atoms with van der Waals surface area (Å²) in [6, 6.07) is 22.9. The lowest BCUT2D eigenvalue weighted by Gasteiger charge is -2.18. The molecule has 0 fully saturated rings. The average Bonchev–Trinajstić information content (AvgIpc) is 3.14. The van der Waals surface area contributed by atoms with E-state index in [9.17, 15) is 4.79 Å². The molecule has 0 saturated carbocycles. The lowest BCUT2D eigenvalue weighted by Crippen LogP contribution is -2.26. The molecule has 0 bridgehead atoms. The van der Waals surface area contributed by atoms with Gasteiger partial charge in [-0.3, -0.25) is 0 Å². The molecule has 2 N–H and O–H groups in total. The molecule has 1 amide bonds. The van der Waals surface area contributed by atoms with Gasteiger partial charge in [0.1, 0.15) is 6.61 Å². The van der Waals surface area contributed by atoms with Gasteiger partial charge < -0.3 is 15.4 Å². The maximum atomic E-state index is 12.3. The summed E-state index contributed by atoms with van der Waals surface area (Å²) in [4.78, 5) is 12.3. The van der Waals surface area contributed by atoms with Gasteiger partial charge in [0.15, 0.2) is 0 Å². The summed E-state index contributed by atoms with van der Waals surface area (Å²) in [6.45, 7) is 2.44. The second kappa shape index (κ2) is 8.67. The maximum absolute atomic E-state index is 12.3. The Morgan fingerprint density at radius 1 is 1.00 bits per heavy atom. The van der Waals surface area contributed by atoms with Gasteiger partial charge in [-0.05, 0) is 52.4 Å². The number of nitrogens with one attached hydrogen (secondary N) is 2. The molecule has 2 aliphatic rings. The van der Waals surface area contributed by atoms with E-state index in [1.165, 1.54) is 33.4 Å². The van der Waals surface area contributed by atoms with Gasteiger partial charge in [0.25, 0.3) is 0 Å². The zero-order valence-electron chi connectivity index (χ0n) is 17.3. The van der Waals surface area contributed by atoms with Gasteiger partial charge in [-0.25, -0.2) is 4.79 Å². The van der Waals surface area contributed by atoms with Crippen LogP contribution in [0.1, 0.15) is 33.7 Å². The predicted octanol–water partition coefficient (Wildman–Crippen LogP) is 4.22. The molecule has 3 aromatic carbocycles. The molecule has 1 aliphatic heterocycles. The fourth-order valence-corrected chi connectivity index (χ4v) is 4.55. The molecule has 5 rings (SSSR count). The SMILES string of the molecule is O=C(NCC#Cc1cccc2c1CCNC2)OCC1c2ccccc2-c2ccccc21. The fraction of sp³-hybridized carbons (Fsp3) is 0.222. The van der Waals surface area contributed by atoms with Crippen molar-refractivity contribution >= 4 is 6.09 Å². The lowest BCUT2D eigenvalue weighted by molar-refractivity contribution is 0.144. The highest BCUT2D eigenvalue weighted by molar-refractivity contribution is 5.79. The Bertz CT molecular complexity index is 1140. The van der Waals surface area contributed by atoms with Crippen molar-refractivity contribution in [3.8, 4) is 23.0 Å². The third-order valence-electron chi connectivity index (χ3n) is 6.03. The van der Waals surface area contributed by atoms with Crippen LogP contribution >= 0.6 is 0 Å². The van der Waals surface area contributed by atoms with Crippen molar-refractivity contribution in [3.05, 3.63) is 94.5 Å². The second-order valence-electron chi connectivity index (χ2n) is 7.85. The zero-order chi connectivity index (χ0) is 21.0. The number of alkyl carbamates (subject to hydrolysis) is 1. The van der Waals surface area contributed by atoms with E-state index in [1.807, 2.05) is 36.4 Å². The first-order valence-electron chi connectivity index (χ1n) is 10.7. The highest BCUT2D eigenvalue weighted by Crippen LogP contribution is 2.44. The fourth-order valence-electron chi connectivity index (χ4n) is 4.55. The van der Waals surface area contributed by atoms with Gasteiger partial charge in [0.2, 0.25) is 0 Å². The minimum absolute atomic E-state index is 0.0636. The highest BCUT2D eigenvalue weighted by atomic mass is 16.5. The first kappa shape index (κ1) is 19.4. The lowest BCUT2D eigenvalue weighted by atomic mass is 9.96. The molecule has 4 nitrogen and oxygen atoms in total. The van der Waals surface area contributed by atoms with E-state index in [-0.39, 0.29) is 12.5 Å². The number of fused-ring (bicyclic) bond motifs is 4. The molecule has 0 spiro atoms. The Labute approximate surface area is 182 Å². The van der Waals surface area contributed by atoms with Crippen molar-refractivity contribution in [1.29, 1.82) is 0 Å². The summed E-state index contributed by atoms with van der Waals surface area (Å²) < 4.78 is 5.56. The van der Waals surface area contributed by atoms with Crippen LogP contribution < -0.4 is 10.6 Å². The van der Waals surface area contributed by atoms with Crippen molar-refractivity contribution in [1.82, 2.24) is 10.6 Å². The van der Waals surface area contributed by atoms with Crippen LogP contribution in [-0.2, 0) is 17.7 Å². The van der Waals surface area contributed by atoms with Crippen LogP contribution in [-0.4, -0.2) is 25.8 Å². The Kier molecular flexibility index (Phi) is 5.43. The number of carbonyl (C=O) groups excluding carboxylic acids is 1. The number of benzene rings is 3. The molecular formula is C27H24N2O2. The Balaban J connectivity index is 1.19. The van der Waals surface area contributed by atoms with E-state index in [4.69, 9.17) is 4.74 Å². The van der Waals surface area contributed by atoms with E-state index in [0.717, 1.165) is 25.1 Å². The molecule has 4 heteroatoms. The smallest absolute Gasteiger partial charge is 0.407 e. The quantitative estimate of drug-likeness (QED) is 0.638. The normalized spacial score (nSPS) is 13.9. The molecule has 31 heavy (non-hydrogen) atoms. The van der Waals surface area contributed by atoms with Crippen LogP contribution in [0.15, 0.2) is 66.7 Å². The summed E-state index contributed by atoms with van der Waals surface area (Å²) in [5.41, 5.74) is 8.53. The molecule has 0 saturated heterocycles. The predicted molar refractivity (Wildman–Crippen MR) is 122 cm³/mol. The zero-order valence-corrected chi connectivity index (χ0v) is 17.3. The third-order valence-corrected chi connectivity index (χ3v) is 6.03. The molecule has 0 unspecified atom stereocenters. The van der Waals surface area contributed by atoms with Crippen LogP contribution in [0.2, 0.25) is 0 Å². The van der Waals surface area contributed by atoms with Gasteiger partial charge in [-0.1, -0.05) is 72.5 Å². The molecule has 0 aromatic heterocycles. The van der Waals surface area contributed by atoms with Crippen LogP contribution in [0, 0.1) is 11.8 Å². The Hall–Kier alpha value is -3.55. The van der Waals surface area contributed by atoms with Crippen molar-refractivity contribution in [2.45, 2.75) is 18.9 Å². The van der Waals surface area contributed by atoms with Crippen LogP contribution in [0.4, 0.5) is 4.79 Å². The van der Waals surface area contributed by atoms with Gasteiger partial charge in [-0.15, -0.1) is 0 Å². The topological polar surface area (TPSA) is 50.4 Å². The van der Waals surface area contributed by atoms with E-state index >= 15 is 0 Å². The number of hydrogen-bond acceptors (Lipinski definition) is 3. The van der Waals surface area contributed by atoms with Crippen LogP contribution in [0.5, 0.6) is 0 Å². The maximum Gasteiger partial charge on any atom is 0.407 e. The van der Waals surface area contributed by atoms with Gasteiger partial charge in [0.05, 0.1) is 6.54 Å². The minimum Gasteiger partial charge on any atom is -0.449 e. The number of ether oxygens (including phenoxy) is 1. The van der Waals surface area contributed by atoms with Crippen LogP contribution in [0.3, 0.4) is 0 Å². The first-order valence-corrected chi connectivity index (χ1v) is 10.7. The monoisotopic (exact) mass is 408 g/mol. The van der Waals surface area contributed by atoms with Crippen molar-refractivity contribution in [2.24, 2.45) is 0 Å². The highest BCUT2D eigenvalue weighted by Gasteiger charge is 2.28. The molecule has 0 radical (unpaired) electrons. The van der Waals surface area contributed by atoms with Crippen molar-refractivity contribution < 1.29 is 9.53 Å². The largest absolute Gasteiger partial charge is 0.449 e. The minimum atomic E-state index is -0.435. The summed E-state index contributed by atoms with van der Waals surface area (Å²) in [5, 5.41) is 6.14. The molecule has 0 atom stereocenters. The van der Waals surface area contributed by atoms with E-state index in [1.54, 1.807) is 0 Å². The average molecular weight is 409 g/mol. The van der Waals surface area contributed by atoms with E-state index in [2.05, 4.69) is 52.8 Å². The first-order chi connectivity index (χ1) is 15.3. The molecule has 154 valence electrons. The number of rotatable bonds is 3. The standard InChI is InChI=1S/C27H24N2O2/c30-27(29-15-6-9-19-7-5-8-20-17-28-16-14-21(19)20)31-18-26-24-12-3-1-10-22(24)23-11-2-4-13-25(23)26/h1-5,7-8,10-13,26,28H,14-18H2,(H,29,30). The van der Waals surface area contributed by atoms with Gasteiger partial charge in [-0.2, -0.15) is 0 Å². The van der Waals surface area contributed by atoms with E-state index < -0.39 is 6.09 Å². The van der Waals surface area contributed by atoms with E-state index in [0.29, 0.717) is 6.61 Å². The summed E-state index contributed by atoms with van der Waals surface area (Å²) in [7, 11) is 0. The van der Waals surface area contributed by atoms with Crippen LogP contribution in [0.25, 0.3) is 11.1 Å². The van der Waals surface area contributed by atoms with Gasteiger partial charge in [0, 0.05) is 18.0 Å². The summed E-state index contributed by atoms with van der Waals surface area (Å²) in [5.74, 6) is 6.33.